The summed E-state index contributed by atoms with van der Waals surface area (Å²) >= 11 is 0. The maximum Gasteiger partial charge on any atom is 0.325 e. The first-order valence-corrected chi connectivity index (χ1v) is 12.2. The second-order valence-electron chi connectivity index (χ2n) is 9.87. The molecule has 0 radical (unpaired) electrons. The molecule has 0 bridgehead atoms. The summed E-state index contributed by atoms with van der Waals surface area (Å²) in [5.74, 6) is -0.335. The van der Waals surface area contributed by atoms with Crippen molar-refractivity contribution < 1.29 is 19.2 Å². The summed E-state index contributed by atoms with van der Waals surface area (Å²) in [4.78, 5) is 54.3. The molecule has 1 saturated heterocycles. The Balaban J connectivity index is 1.36. The van der Waals surface area contributed by atoms with Gasteiger partial charge in [0.05, 0.1) is 0 Å². The second kappa shape index (κ2) is 8.83. The van der Waals surface area contributed by atoms with Gasteiger partial charge in [0, 0.05) is 25.2 Å². The predicted octanol–water partition coefficient (Wildman–Crippen LogP) is 3.17. The third kappa shape index (κ3) is 4.29. The Bertz CT molecular complexity index is 1190. The van der Waals surface area contributed by atoms with Gasteiger partial charge in [0.15, 0.2) is 0 Å². The molecule has 0 aromatic heterocycles. The number of nitrogens with one attached hydrogen (secondary N) is 2. The first-order chi connectivity index (χ1) is 16.8. The SMILES string of the molecule is CC(=O)Nc1ccc2c(c1)CCC21NC(=O)N(CC(=O)N(Cc2ccccc2)[C@@H](C)C2CC2)C1=O. The number of hydrogen-bond acceptors (Lipinski definition) is 4. The summed E-state index contributed by atoms with van der Waals surface area (Å²) in [7, 11) is 0. The van der Waals surface area contributed by atoms with E-state index in [1.54, 1.807) is 17.0 Å². The Kier molecular flexibility index (Phi) is 5.83. The highest BCUT2D eigenvalue weighted by atomic mass is 16.2. The minimum Gasteiger partial charge on any atom is -0.334 e. The van der Waals surface area contributed by atoms with Crippen molar-refractivity contribution in [2.75, 3.05) is 11.9 Å². The summed E-state index contributed by atoms with van der Waals surface area (Å²) < 4.78 is 0. The lowest BCUT2D eigenvalue weighted by molar-refractivity contribution is -0.141. The van der Waals surface area contributed by atoms with Crippen LogP contribution in [0, 0.1) is 5.92 Å². The first kappa shape index (κ1) is 23.1. The minimum atomic E-state index is -1.16. The Hall–Kier alpha value is -3.68. The van der Waals surface area contributed by atoms with Crippen LogP contribution < -0.4 is 10.6 Å². The quantitative estimate of drug-likeness (QED) is 0.602. The van der Waals surface area contributed by atoms with E-state index in [1.807, 2.05) is 43.3 Å². The lowest BCUT2D eigenvalue weighted by Crippen LogP contribution is -2.47. The van der Waals surface area contributed by atoms with E-state index in [4.69, 9.17) is 0 Å². The van der Waals surface area contributed by atoms with Gasteiger partial charge in [-0.15, -0.1) is 0 Å². The molecule has 1 spiro atoms. The van der Waals surface area contributed by atoms with Crippen LogP contribution in [-0.2, 0) is 32.9 Å². The van der Waals surface area contributed by atoms with Crippen molar-refractivity contribution in [1.82, 2.24) is 15.1 Å². The molecule has 35 heavy (non-hydrogen) atoms. The Labute approximate surface area is 204 Å². The van der Waals surface area contributed by atoms with E-state index in [2.05, 4.69) is 10.6 Å². The summed E-state index contributed by atoms with van der Waals surface area (Å²) in [5.41, 5.74) is 2.15. The number of carbonyl (C=O) groups is 4. The number of hydrogen-bond donors (Lipinski definition) is 2. The Morgan fingerprint density at radius 3 is 2.60 bits per heavy atom. The van der Waals surface area contributed by atoms with Gasteiger partial charge in [-0.2, -0.15) is 0 Å². The van der Waals surface area contributed by atoms with Crippen LogP contribution in [0.25, 0.3) is 0 Å². The van der Waals surface area contributed by atoms with Gasteiger partial charge in [-0.25, -0.2) is 4.79 Å². The van der Waals surface area contributed by atoms with Crippen molar-refractivity contribution in [2.45, 2.75) is 57.7 Å². The molecular weight excluding hydrogens is 444 g/mol. The predicted molar refractivity (Wildman–Crippen MR) is 130 cm³/mol. The molecule has 5 amide bonds. The average molecular weight is 475 g/mol. The standard InChI is InChI=1S/C27H30N4O4/c1-17(20-8-9-20)30(15-19-6-4-3-5-7-19)24(33)16-31-25(34)27(29-26(31)35)13-12-21-14-22(28-18(2)32)10-11-23(21)27/h3-7,10-11,14,17,20H,8-9,12-13,15-16H2,1-2H3,(H,28,32)(H,29,35)/t17-,27?/m0/s1. The van der Waals surface area contributed by atoms with Gasteiger partial charge < -0.3 is 15.5 Å². The van der Waals surface area contributed by atoms with Crippen molar-refractivity contribution in [3.63, 3.8) is 0 Å². The summed E-state index contributed by atoms with van der Waals surface area (Å²) in [6.07, 6.45) is 3.19. The van der Waals surface area contributed by atoms with Crippen LogP contribution in [0.4, 0.5) is 10.5 Å². The van der Waals surface area contributed by atoms with Gasteiger partial charge in [-0.3, -0.25) is 19.3 Å². The zero-order valence-corrected chi connectivity index (χ0v) is 20.0. The summed E-state index contributed by atoms with van der Waals surface area (Å²) in [6, 6.07) is 14.6. The van der Waals surface area contributed by atoms with E-state index in [9.17, 15) is 19.2 Å². The van der Waals surface area contributed by atoms with Crippen LogP contribution in [0.15, 0.2) is 48.5 Å². The second-order valence-corrected chi connectivity index (χ2v) is 9.87. The number of urea groups is 1. The number of benzene rings is 2. The molecular formula is C27H30N4O4. The molecule has 2 aromatic rings. The number of anilines is 1. The van der Waals surface area contributed by atoms with Gasteiger partial charge in [0.1, 0.15) is 12.1 Å². The lowest BCUT2D eigenvalue weighted by atomic mass is 9.91. The molecule has 2 aliphatic carbocycles. The highest BCUT2D eigenvalue weighted by Crippen LogP contribution is 2.42. The van der Waals surface area contributed by atoms with E-state index in [0.717, 1.165) is 34.4 Å². The van der Waals surface area contributed by atoms with E-state index in [1.165, 1.54) is 6.92 Å². The van der Waals surface area contributed by atoms with E-state index >= 15 is 0 Å². The third-order valence-electron chi connectivity index (χ3n) is 7.44. The maximum absolute atomic E-state index is 13.6. The largest absolute Gasteiger partial charge is 0.334 e. The molecule has 2 N–H and O–H groups in total. The number of nitrogens with zero attached hydrogens (tertiary/aromatic N) is 2. The molecule has 3 aliphatic rings. The highest BCUT2D eigenvalue weighted by molar-refractivity contribution is 6.10. The Morgan fingerprint density at radius 1 is 1.17 bits per heavy atom. The van der Waals surface area contributed by atoms with Crippen molar-refractivity contribution in [1.29, 1.82) is 0 Å². The third-order valence-corrected chi connectivity index (χ3v) is 7.44. The lowest BCUT2D eigenvalue weighted by Gasteiger charge is -2.31. The first-order valence-electron chi connectivity index (χ1n) is 12.2. The van der Waals surface area contributed by atoms with Gasteiger partial charge in [-0.1, -0.05) is 36.4 Å². The fraction of sp³-hybridized carbons (Fsp3) is 0.407. The number of imide groups is 1. The number of fused-ring (bicyclic) bond motifs is 2. The van der Waals surface area contributed by atoms with Crippen LogP contribution in [-0.4, -0.2) is 46.1 Å². The summed E-state index contributed by atoms with van der Waals surface area (Å²) in [5, 5.41) is 5.64. The van der Waals surface area contributed by atoms with Crippen molar-refractivity contribution in [2.24, 2.45) is 5.92 Å². The van der Waals surface area contributed by atoms with Gasteiger partial charge in [0.2, 0.25) is 11.8 Å². The highest BCUT2D eigenvalue weighted by Gasteiger charge is 2.56. The monoisotopic (exact) mass is 474 g/mol. The smallest absolute Gasteiger partial charge is 0.325 e. The van der Waals surface area contributed by atoms with Gasteiger partial charge >= 0.3 is 6.03 Å². The fourth-order valence-corrected chi connectivity index (χ4v) is 5.38. The summed E-state index contributed by atoms with van der Waals surface area (Å²) in [6.45, 7) is 3.65. The van der Waals surface area contributed by atoms with Gasteiger partial charge in [0.25, 0.3) is 5.91 Å². The molecule has 8 nitrogen and oxygen atoms in total. The Morgan fingerprint density at radius 2 is 1.91 bits per heavy atom. The zero-order chi connectivity index (χ0) is 24.7. The molecule has 1 aliphatic heterocycles. The topological polar surface area (TPSA) is 98.8 Å². The molecule has 1 saturated carbocycles. The van der Waals surface area contributed by atoms with Crippen molar-refractivity contribution in [3.8, 4) is 0 Å². The molecule has 2 atom stereocenters. The van der Waals surface area contributed by atoms with E-state index in [0.29, 0.717) is 31.0 Å². The molecule has 1 unspecified atom stereocenters. The van der Waals surface area contributed by atoms with Crippen LogP contribution in [0.1, 0.15) is 49.8 Å². The van der Waals surface area contributed by atoms with Crippen LogP contribution in [0.2, 0.25) is 0 Å². The normalized spacial score (nSPS) is 21.6. The molecule has 2 fully saturated rings. The van der Waals surface area contributed by atoms with Crippen LogP contribution in [0.5, 0.6) is 0 Å². The fourth-order valence-electron chi connectivity index (χ4n) is 5.38. The molecule has 8 heteroatoms. The number of rotatable bonds is 7. The molecule has 5 rings (SSSR count). The number of amides is 5. The molecule has 2 aromatic carbocycles. The van der Waals surface area contributed by atoms with E-state index < -0.39 is 11.6 Å². The van der Waals surface area contributed by atoms with Crippen LogP contribution >= 0.6 is 0 Å². The number of carbonyl (C=O) groups excluding carboxylic acids is 4. The minimum absolute atomic E-state index is 0.0387. The van der Waals surface area contributed by atoms with Crippen LogP contribution in [0.3, 0.4) is 0 Å². The van der Waals surface area contributed by atoms with E-state index in [-0.39, 0.29) is 30.3 Å². The average Bonchev–Trinajstić information content (AvgIpc) is 3.58. The zero-order valence-electron chi connectivity index (χ0n) is 20.0. The van der Waals surface area contributed by atoms with Crippen molar-refractivity contribution in [3.05, 3.63) is 65.2 Å². The number of aryl methyl sites for hydroxylation is 1. The van der Waals surface area contributed by atoms with Gasteiger partial charge in [-0.05, 0) is 67.3 Å². The molecule has 182 valence electrons. The maximum atomic E-state index is 13.6. The molecule has 1 heterocycles. The van der Waals surface area contributed by atoms with Crippen molar-refractivity contribution >= 4 is 29.4 Å².